The molecule has 0 unspecified atom stereocenters. The van der Waals surface area contributed by atoms with Gasteiger partial charge in [-0.15, -0.1) is 0 Å². The van der Waals surface area contributed by atoms with E-state index in [1.807, 2.05) is 0 Å². The van der Waals surface area contributed by atoms with E-state index in [0.717, 1.165) is 18.2 Å². The van der Waals surface area contributed by atoms with Crippen molar-refractivity contribution in [1.82, 2.24) is 0 Å². The van der Waals surface area contributed by atoms with Crippen LogP contribution >= 0.6 is 0 Å². The summed E-state index contributed by atoms with van der Waals surface area (Å²) in [4.78, 5) is 11.1. The zero-order valence-electron chi connectivity index (χ0n) is 7.05. The van der Waals surface area contributed by atoms with Gasteiger partial charge in [0.05, 0.1) is 0 Å². The van der Waals surface area contributed by atoms with E-state index in [1.54, 1.807) is 0 Å². The molecule has 0 atom stereocenters. The fraction of sp³-hybridized carbons (Fsp3) is 0.100. The molecule has 0 saturated carbocycles. The summed E-state index contributed by atoms with van der Waals surface area (Å²) in [5.74, 6) is -1.99. The third-order valence-electron chi connectivity index (χ3n) is 1.58. The summed E-state index contributed by atoms with van der Waals surface area (Å²) in [7, 11) is 0. The number of benzene rings is 1. The van der Waals surface area contributed by atoms with Gasteiger partial charge in [0.15, 0.2) is 5.83 Å². The van der Waals surface area contributed by atoms with Crippen LogP contribution in [0.2, 0.25) is 0 Å². The Kier molecular flexibility index (Phi) is 2.90. The van der Waals surface area contributed by atoms with Gasteiger partial charge in [-0.3, -0.25) is 4.79 Å². The Balaban J connectivity index is 2.97. The zero-order valence-corrected chi connectivity index (χ0v) is 7.05. The van der Waals surface area contributed by atoms with Gasteiger partial charge in [-0.05, 0) is 37.3 Å². The average molecular weight is 182 g/mol. The van der Waals surface area contributed by atoms with Crippen LogP contribution in [-0.4, -0.2) is 5.78 Å². The van der Waals surface area contributed by atoms with Crippen molar-refractivity contribution >= 4 is 5.78 Å². The van der Waals surface area contributed by atoms with E-state index in [4.69, 9.17) is 0 Å². The summed E-state index contributed by atoms with van der Waals surface area (Å²) in [5.41, 5.74) is 0.150. The van der Waals surface area contributed by atoms with Gasteiger partial charge in [-0.1, -0.05) is 0 Å². The summed E-state index contributed by atoms with van der Waals surface area (Å²) < 4.78 is 25.1. The maximum Gasteiger partial charge on any atom is 0.220 e. The Morgan fingerprint density at radius 1 is 1.31 bits per heavy atom. The van der Waals surface area contributed by atoms with Crippen molar-refractivity contribution in [3.63, 3.8) is 0 Å². The predicted octanol–water partition coefficient (Wildman–Crippen LogP) is 2.88. The molecular formula is C10H8F2O. The van der Waals surface area contributed by atoms with Gasteiger partial charge in [-0.2, -0.15) is 0 Å². The number of carbonyl (C=O) groups is 1. The van der Waals surface area contributed by atoms with Crippen LogP contribution in [0.25, 0.3) is 0 Å². The molecule has 0 spiro atoms. The van der Waals surface area contributed by atoms with Crippen molar-refractivity contribution in [2.75, 3.05) is 0 Å². The molecule has 1 rings (SSSR count). The van der Waals surface area contributed by atoms with E-state index in [2.05, 4.69) is 0 Å². The van der Waals surface area contributed by atoms with E-state index >= 15 is 0 Å². The maximum atomic E-state index is 12.7. The van der Waals surface area contributed by atoms with E-state index in [0.29, 0.717) is 0 Å². The van der Waals surface area contributed by atoms with Crippen LogP contribution in [0.15, 0.2) is 36.2 Å². The highest BCUT2D eigenvalue weighted by molar-refractivity contribution is 6.07. The Labute approximate surface area is 74.7 Å². The van der Waals surface area contributed by atoms with Crippen LogP contribution in [-0.2, 0) is 0 Å². The number of ketones is 1. The van der Waals surface area contributed by atoms with Gasteiger partial charge >= 0.3 is 0 Å². The second kappa shape index (κ2) is 3.94. The molecule has 0 aliphatic rings. The third kappa shape index (κ3) is 2.21. The minimum atomic E-state index is -0.827. The third-order valence-corrected chi connectivity index (χ3v) is 1.58. The van der Waals surface area contributed by atoms with E-state index < -0.39 is 17.4 Å². The van der Waals surface area contributed by atoms with Gasteiger partial charge in [-0.25, -0.2) is 8.78 Å². The number of hydrogen-bond acceptors (Lipinski definition) is 1. The van der Waals surface area contributed by atoms with Crippen LogP contribution in [0.1, 0.15) is 17.3 Å². The first kappa shape index (κ1) is 9.58. The monoisotopic (exact) mass is 182 g/mol. The van der Waals surface area contributed by atoms with Crippen molar-refractivity contribution in [3.8, 4) is 0 Å². The SMILES string of the molecule is C/C=C(\F)C(=O)c1ccc(F)cc1. The van der Waals surface area contributed by atoms with Gasteiger partial charge in [0, 0.05) is 5.56 Å². The van der Waals surface area contributed by atoms with Crippen LogP contribution < -0.4 is 0 Å². The fourth-order valence-corrected chi connectivity index (χ4v) is 0.870. The molecule has 0 amide bonds. The second-order valence-corrected chi connectivity index (χ2v) is 2.47. The first-order chi connectivity index (χ1) is 6.15. The van der Waals surface area contributed by atoms with Crippen molar-refractivity contribution in [1.29, 1.82) is 0 Å². The van der Waals surface area contributed by atoms with E-state index in [9.17, 15) is 13.6 Å². The molecule has 0 N–H and O–H groups in total. The highest BCUT2D eigenvalue weighted by atomic mass is 19.1. The van der Waals surface area contributed by atoms with E-state index in [-0.39, 0.29) is 5.56 Å². The lowest BCUT2D eigenvalue weighted by molar-refractivity contribution is 0.100. The molecule has 1 aromatic carbocycles. The average Bonchev–Trinajstić information content (AvgIpc) is 2.17. The summed E-state index contributed by atoms with van der Waals surface area (Å²) in [5, 5.41) is 0. The Hall–Kier alpha value is -1.51. The van der Waals surface area contributed by atoms with E-state index in [1.165, 1.54) is 19.1 Å². The predicted molar refractivity (Wildman–Crippen MR) is 45.6 cm³/mol. The summed E-state index contributed by atoms with van der Waals surface area (Å²) >= 11 is 0. The normalized spacial score (nSPS) is 11.5. The molecule has 68 valence electrons. The summed E-state index contributed by atoms with van der Waals surface area (Å²) in [6.07, 6.45) is 1.08. The van der Waals surface area contributed by atoms with Gasteiger partial charge in [0.2, 0.25) is 5.78 Å². The Morgan fingerprint density at radius 2 is 1.85 bits per heavy atom. The summed E-state index contributed by atoms with van der Waals surface area (Å²) in [6, 6.07) is 4.74. The fourth-order valence-electron chi connectivity index (χ4n) is 0.870. The highest BCUT2D eigenvalue weighted by Crippen LogP contribution is 2.10. The maximum absolute atomic E-state index is 12.7. The molecule has 0 aliphatic heterocycles. The van der Waals surface area contributed by atoms with Crippen LogP contribution in [0, 0.1) is 5.82 Å². The molecule has 0 saturated heterocycles. The number of hydrogen-bond donors (Lipinski definition) is 0. The smallest absolute Gasteiger partial charge is 0.220 e. The van der Waals surface area contributed by atoms with Crippen LogP contribution in [0.4, 0.5) is 8.78 Å². The first-order valence-corrected chi connectivity index (χ1v) is 3.77. The van der Waals surface area contributed by atoms with Gasteiger partial charge < -0.3 is 0 Å². The minimum absolute atomic E-state index is 0.150. The molecule has 0 heterocycles. The van der Waals surface area contributed by atoms with Crippen molar-refractivity contribution in [2.45, 2.75) is 6.92 Å². The Bertz CT molecular complexity index is 338. The largest absolute Gasteiger partial charge is 0.286 e. The number of halogens is 2. The standard InChI is InChI=1S/C10H8F2O/c1-2-9(12)10(13)7-3-5-8(11)6-4-7/h2-6H,1H3/b9-2-. The number of rotatable bonds is 2. The molecule has 0 radical (unpaired) electrons. The quantitative estimate of drug-likeness (QED) is 0.507. The zero-order chi connectivity index (χ0) is 9.84. The molecule has 0 aromatic heterocycles. The Morgan fingerprint density at radius 3 is 2.31 bits per heavy atom. The lowest BCUT2D eigenvalue weighted by Gasteiger charge is -1.96. The number of allylic oxidation sites excluding steroid dienone is 2. The van der Waals surface area contributed by atoms with Crippen molar-refractivity contribution in [3.05, 3.63) is 47.5 Å². The number of carbonyl (C=O) groups excluding carboxylic acids is 1. The van der Waals surface area contributed by atoms with Crippen LogP contribution in [0.5, 0.6) is 0 Å². The molecule has 13 heavy (non-hydrogen) atoms. The minimum Gasteiger partial charge on any atom is -0.286 e. The van der Waals surface area contributed by atoms with Crippen molar-refractivity contribution < 1.29 is 13.6 Å². The lowest BCUT2D eigenvalue weighted by Crippen LogP contribution is -1.98. The molecule has 1 nitrogen and oxygen atoms in total. The first-order valence-electron chi connectivity index (χ1n) is 3.77. The highest BCUT2D eigenvalue weighted by Gasteiger charge is 2.09. The molecule has 0 fully saturated rings. The molecule has 1 aromatic rings. The lowest BCUT2D eigenvalue weighted by atomic mass is 10.1. The van der Waals surface area contributed by atoms with Crippen LogP contribution in [0.3, 0.4) is 0 Å². The molecule has 3 heteroatoms. The molecular weight excluding hydrogens is 174 g/mol. The summed E-state index contributed by atoms with van der Waals surface area (Å²) in [6.45, 7) is 1.43. The molecule has 0 aliphatic carbocycles. The van der Waals surface area contributed by atoms with Gasteiger partial charge in [0.25, 0.3) is 0 Å². The van der Waals surface area contributed by atoms with Gasteiger partial charge in [0.1, 0.15) is 5.82 Å². The molecule has 0 bridgehead atoms. The number of Topliss-reactive ketones (excluding diaryl/α,β-unsaturated/α-hetero) is 1. The van der Waals surface area contributed by atoms with Crippen molar-refractivity contribution in [2.24, 2.45) is 0 Å². The topological polar surface area (TPSA) is 17.1 Å². The second-order valence-electron chi connectivity index (χ2n) is 2.47.